The highest BCUT2D eigenvalue weighted by molar-refractivity contribution is 6.46. The smallest absolute Gasteiger partial charge is 0.282 e. The number of hydrogen-bond acceptors (Lipinski definition) is 3. The van der Waals surface area contributed by atoms with Gasteiger partial charge in [0, 0.05) is 15.7 Å². The van der Waals surface area contributed by atoms with Crippen LogP contribution in [0.2, 0.25) is 10.0 Å². The van der Waals surface area contributed by atoms with E-state index in [1.807, 2.05) is 31.2 Å². The molecular weight excluding hydrogens is 407 g/mol. The Kier molecular flexibility index (Phi) is 5.14. The number of nitrogens with zero attached hydrogens (tertiary/aromatic N) is 1. The maximum absolute atomic E-state index is 13.3. The summed E-state index contributed by atoms with van der Waals surface area (Å²) >= 11 is 12.0. The zero-order valence-corrected chi connectivity index (χ0v) is 17.0. The second kappa shape index (κ2) is 7.74. The summed E-state index contributed by atoms with van der Waals surface area (Å²) in [6, 6.07) is 21.0. The van der Waals surface area contributed by atoms with Gasteiger partial charge in [0.15, 0.2) is 0 Å². The Morgan fingerprint density at radius 2 is 1.41 bits per heavy atom. The van der Waals surface area contributed by atoms with E-state index in [2.05, 4.69) is 5.32 Å². The highest BCUT2D eigenvalue weighted by Crippen LogP contribution is 2.34. The number of amides is 2. The Hall–Kier alpha value is -3.08. The van der Waals surface area contributed by atoms with Gasteiger partial charge in [0.25, 0.3) is 11.8 Å². The molecule has 144 valence electrons. The Bertz CT molecular complexity index is 1140. The summed E-state index contributed by atoms with van der Waals surface area (Å²) in [5.41, 5.74) is 3.35. The highest BCUT2D eigenvalue weighted by atomic mass is 35.5. The summed E-state index contributed by atoms with van der Waals surface area (Å²) in [6.45, 7) is 1.96. The molecule has 2 amide bonds. The second-order valence-corrected chi connectivity index (χ2v) is 7.55. The Labute approximate surface area is 178 Å². The van der Waals surface area contributed by atoms with Gasteiger partial charge in [-0.3, -0.25) is 9.59 Å². The van der Waals surface area contributed by atoms with Crippen molar-refractivity contribution in [1.82, 2.24) is 0 Å². The van der Waals surface area contributed by atoms with Crippen LogP contribution in [0.5, 0.6) is 0 Å². The van der Waals surface area contributed by atoms with Crippen molar-refractivity contribution in [3.8, 4) is 0 Å². The first-order chi connectivity index (χ1) is 13.9. The third-order valence-electron chi connectivity index (χ3n) is 4.59. The van der Waals surface area contributed by atoms with E-state index in [0.717, 1.165) is 16.2 Å². The van der Waals surface area contributed by atoms with Crippen LogP contribution in [0, 0.1) is 6.92 Å². The molecule has 0 aromatic heterocycles. The van der Waals surface area contributed by atoms with Gasteiger partial charge >= 0.3 is 0 Å². The Morgan fingerprint density at radius 1 is 0.793 bits per heavy atom. The van der Waals surface area contributed by atoms with Gasteiger partial charge in [-0.25, -0.2) is 4.90 Å². The molecule has 0 fully saturated rings. The molecule has 3 aromatic carbocycles. The number of anilines is 2. The zero-order valence-electron chi connectivity index (χ0n) is 15.4. The van der Waals surface area contributed by atoms with E-state index in [-0.39, 0.29) is 5.70 Å². The summed E-state index contributed by atoms with van der Waals surface area (Å²) in [6.07, 6.45) is 0. The molecule has 0 spiro atoms. The minimum absolute atomic E-state index is 0.220. The fourth-order valence-corrected chi connectivity index (χ4v) is 3.47. The van der Waals surface area contributed by atoms with Crippen molar-refractivity contribution in [3.05, 3.63) is 99.7 Å². The molecule has 1 heterocycles. The first-order valence-electron chi connectivity index (χ1n) is 8.92. The van der Waals surface area contributed by atoms with E-state index < -0.39 is 11.8 Å². The standard InChI is InChI=1S/C23H16Cl2N2O2/c1-14-3-2-4-18(13-14)26-21-20(15-5-7-16(24)8-6-15)22(28)27(23(21)29)19-11-9-17(25)10-12-19/h2-13,26H,1H3. The fourth-order valence-electron chi connectivity index (χ4n) is 3.22. The van der Waals surface area contributed by atoms with E-state index in [9.17, 15) is 9.59 Å². The van der Waals surface area contributed by atoms with Gasteiger partial charge in [-0.2, -0.15) is 0 Å². The van der Waals surface area contributed by atoms with Crippen LogP contribution in [0.3, 0.4) is 0 Å². The molecule has 4 rings (SSSR count). The lowest BCUT2D eigenvalue weighted by molar-refractivity contribution is -0.120. The van der Waals surface area contributed by atoms with Gasteiger partial charge in [-0.15, -0.1) is 0 Å². The maximum Gasteiger partial charge on any atom is 0.282 e. The molecular formula is C23H16Cl2N2O2. The van der Waals surface area contributed by atoms with Crippen LogP contribution in [-0.2, 0) is 9.59 Å². The summed E-state index contributed by atoms with van der Waals surface area (Å²) < 4.78 is 0. The summed E-state index contributed by atoms with van der Waals surface area (Å²) in [7, 11) is 0. The summed E-state index contributed by atoms with van der Waals surface area (Å²) in [5.74, 6) is -0.835. The van der Waals surface area contributed by atoms with Crippen LogP contribution >= 0.6 is 23.2 Å². The molecule has 6 heteroatoms. The van der Waals surface area contributed by atoms with E-state index >= 15 is 0 Å². The average Bonchev–Trinajstić information content (AvgIpc) is 2.93. The fraction of sp³-hybridized carbons (Fsp3) is 0.0435. The zero-order chi connectivity index (χ0) is 20.5. The first kappa shape index (κ1) is 19.2. The SMILES string of the molecule is Cc1cccc(NC2=C(c3ccc(Cl)cc3)C(=O)N(c3ccc(Cl)cc3)C2=O)c1. The molecule has 0 saturated carbocycles. The van der Waals surface area contributed by atoms with Crippen molar-refractivity contribution in [3.63, 3.8) is 0 Å². The number of aryl methyl sites for hydroxylation is 1. The van der Waals surface area contributed by atoms with Crippen LogP contribution in [-0.4, -0.2) is 11.8 Å². The minimum Gasteiger partial charge on any atom is -0.350 e. The van der Waals surface area contributed by atoms with Crippen LogP contribution in [0.25, 0.3) is 5.57 Å². The lowest BCUT2D eigenvalue weighted by atomic mass is 10.0. The predicted octanol–water partition coefficient (Wildman–Crippen LogP) is 5.70. The number of benzene rings is 3. The van der Waals surface area contributed by atoms with Crippen molar-refractivity contribution in [2.45, 2.75) is 6.92 Å². The topological polar surface area (TPSA) is 49.4 Å². The molecule has 0 unspecified atom stereocenters. The number of carbonyl (C=O) groups excluding carboxylic acids is 2. The third kappa shape index (κ3) is 3.77. The van der Waals surface area contributed by atoms with Gasteiger partial charge < -0.3 is 5.32 Å². The van der Waals surface area contributed by atoms with Gasteiger partial charge in [-0.05, 0) is 66.6 Å². The van der Waals surface area contributed by atoms with Gasteiger partial charge in [-0.1, -0.05) is 47.5 Å². The third-order valence-corrected chi connectivity index (χ3v) is 5.09. The number of hydrogen-bond donors (Lipinski definition) is 1. The largest absolute Gasteiger partial charge is 0.350 e. The highest BCUT2D eigenvalue weighted by Gasteiger charge is 2.40. The molecule has 0 bridgehead atoms. The lowest BCUT2D eigenvalue weighted by Crippen LogP contribution is -2.32. The van der Waals surface area contributed by atoms with Gasteiger partial charge in [0.05, 0.1) is 11.3 Å². The molecule has 29 heavy (non-hydrogen) atoms. The Morgan fingerprint density at radius 3 is 2.03 bits per heavy atom. The van der Waals surface area contributed by atoms with Crippen LogP contribution in [0.15, 0.2) is 78.5 Å². The Balaban J connectivity index is 1.82. The maximum atomic E-state index is 13.3. The molecule has 0 atom stereocenters. The lowest BCUT2D eigenvalue weighted by Gasteiger charge is -2.15. The van der Waals surface area contributed by atoms with E-state index in [1.165, 1.54) is 0 Å². The van der Waals surface area contributed by atoms with Crippen molar-refractivity contribution in [2.75, 3.05) is 10.2 Å². The number of carbonyl (C=O) groups is 2. The molecule has 1 aliphatic heterocycles. The second-order valence-electron chi connectivity index (χ2n) is 6.67. The monoisotopic (exact) mass is 422 g/mol. The molecule has 0 saturated heterocycles. The molecule has 4 nitrogen and oxygen atoms in total. The van der Waals surface area contributed by atoms with Crippen LogP contribution < -0.4 is 10.2 Å². The van der Waals surface area contributed by atoms with Crippen molar-refractivity contribution in [2.24, 2.45) is 0 Å². The van der Waals surface area contributed by atoms with Crippen LogP contribution in [0.4, 0.5) is 11.4 Å². The molecule has 1 N–H and O–H groups in total. The van der Waals surface area contributed by atoms with Crippen LogP contribution in [0.1, 0.15) is 11.1 Å². The van der Waals surface area contributed by atoms with E-state index in [4.69, 9.17) is 23.2 Å². The quantitative estimate of drug-likeness (QED) is 0.548. The van der Waals surface area contributed by atoms with Crippen molar-refractivity contribution in [1.29, 1.82) is 0 Å². The average molecular weight is 423 g/mol. The normalized spacial score (nSPS) is 14.0. The molecule has 0 radical (unpaired) electrons. The van der Waals surface area contributed by atoms with Gasteiger partial charge in [0.2, 0.25) is 0 Å². The summed E-state index contributed by atoms with van der Waals surface area (Å²) in [4.78, 5) is 27.7. The number of imide groups is 1. The summed E-state index contributed by atoms with van der Waals surface area (Å²) in [5, 5.41) is 4.22. The van der Waals surface area contributed by atoms with E-state index in [0.29, 0.717) is 26.9 Å². The van der Waals surface area contributed by atoms with Crippen molar-refractivity contribution < 1.29 is 9.59 Å². The molecule has 1 aliphatic rings. The molecule has 0 aliphatic carbocycles. The van der Waals surface area contributed by atoms with Gasteiger partial charge in [0.1, 0.15) is 5.70 Å². The van der Waals surface area contributed by atoms with E-state index in [1.54, 1.807) is 48.5 Å². The number of rotatable bonds is 4. The predicted molar refractivity (Wildman–Crippen MR) is 117 cm³/mol. The van der Waals surface area contributed by atoms with Crippen molar-refractivity contribution >= 4 is 52.0 Å². The number of halogens is 2. The first-order valence-corrected chi connectivity index (χ1v) is 9.68. The molecule has 3 aromatic rings. The number of nitrogens with one attached hydrogen (secondary N) is 1. The minimum atomic E-state index is -0.427.